The van der Waals surface area contributed by atoms with Crippen molar-refractivity contribution in [1.82, 2.24) is 9.97 Å². The molecule has 1 saturated heterocycles. The van der Waals surface area contributed by atoms with Gasteiger partial charge in [-0.25, -0.2) is 4.98 Å². The summed E-state index contributed by atoms with van der Waals surface area (Å²) in [5.41, 5.74) is 1.04. The lowest BCUT2D eigenvalue weighted by molar-refractivity contribution is 0.00578. The predicted octanol–water partition coefficient (Wildman–Crippen LogP) is 1.87. The zero-order valence-corrected chi connectivity index (χ0v) is 12.5. The van der Waals surface area contributed by atoms with Gasteiger partial charge in [0.05, 0.1) is 24.5 Å². The largest absolute Gasteiger partial charge is 0.497 e. The lowest BCUT2D eigenvalue weighted by Crippen LogP contribution is -2.41. The number of nitrogens with one attached hydrogen (secondary N) is 1. The molecule has 0 bridgehead atoms. The SMILES string of the molecule is COc1cnc2[nH]cc(B3OC(C)(C)C(C)(C)O3)c2c1. The van der Waals surface area contributed by atoms with Crippen molar-refractivity contribution in [2.75, 3.05) is 7.11 Å². The lowest BCUT2D eigenvalue weighted by Gasteiger charge is -2.32. The van der Waals surface area contributed by atoms with Gasteiger partial charge in [-0.05, 0) is 33.8 Å². The standard InChI is InChI=1S/C14H19BN2O3/c1-13(2)14(3,4)20-15(19-13)11-8-17-12-10(11)6-9(18-5)7-16-12/h6-8H,1-5H3,(H,16,17). The molecule has 2 aromatic heterocycles. The first-order valence-corrected chi connectivity index (χ1v) is 6.71. The van der Waals surface area contributed by atoms with E-state index in [0.717, 1.165) is 22.2 Å². The van der Waals surface area contributed by atoms with E-state index in [0.29, 0.717) is 0 Å². The van der Waals surface area contributed by atoms with E-state index in [-0.39, 0.29) is 11.2 Å². The van der Waals surface area contributed by atoms with Crippen LogP contribution in [0.5, 0.6) is 5.75 Å². The van der Waals surface area contributed by atoms with E-state index in [4.69, 9.17) is 14.0 Å². The summed E-state index contributed by atoms with van der Waals surface area (Å²) in [6.07, 6.45) is 3.58. The average molecular weight is 274 g/mol. The van der Waals surface area contributed by atoms with Crippen LogP contribution in [0.1, 0.15) is 27.7 Å². The van der Waals surface area contributed by atoms with Crippen LogP contribution in [-0.4, -0.2) is 35.4 Å². The molecule has 0 aliphatic carbocycles. The van der Waals surface area contributed by atoms with E-state index in [9.17, 15) is 0 Å². The highest BCUT2D eigenvalue weighted by Gasteiger charge is 2.52. The molecule has 1 N–H and O–H groups in total. The predicted molar refractivity (Wildman–Crippen MR) is 78.4 cm³/mol. The van der Waals surface area contributed by atoms with Crippen molar-refractivity contribution in [2.45, 2.75) is 38.9 Å². The lowest BCUT2D eigenvalue weighted by atomic mass is 9.79. The van der Waals surface area contributed by atoms with Crippen molar-refractivity contribution in [2.24, 2.45) is 0 Å². The minimum Gasteiger partial charge on any atom is -0.495 e. The minimum atomic E-state index is -0.400. The molecule has 0 radical (unpaired) electrons. The number of hydrogen-bond donors (Lipinski definition) is 1. The Hall–Kier alpha value is -1.53. The van der Waals surface area contributed by atoms with E-state index in [1.54, 1.807) is 13.3 Å². The summed E-state index contributed by atoms with van der Waals surface area (Å²) in [5.74, 6) is 0.717. The average Bonchev–Trinajstić information content (AvgIpc) is 2.87. The number of aromatic nitrogens is 2. The Morgan fingerprint density at radius 3 is 2.45 bits per heavy atom. The van der Waals surface area contributed by atoms with Gasteiger partial charge in [-0.3, -0.25) is 0 Å². The molecule has 1 aliphatic rings. The molecule has 5 nitrogen and oxygen atoms in total. The molecule has 0 unspecified atom stereocenters. The van der Waals surface area contributed by atoms with Gasteiger partial charge in [-0.1, -0.05) is 0 Å². The second kappa shape index (κ2) is 4.23. The third kappa shape index (κ3) is 1.91. The van der Waals surface area contributed by atoms with Gasteiger partial charge in [0.25, 0.3) is 0 Å². The van der Waals surface area contributed by atoms with Crippen LogP contribution < -0.4 is 10.2 Å². The number of H-pyrrole nitrogens is 1. The summed E-state index contributed by atoms with van der Waals surface area (Å²) in [5, 5.41) is 0.961. The van der Waals surface area contributed by atoms with E-state index in [1.807, 2.05) is 40.0 Å². The Balaban J connectivity index is 2.03. The van der Waals surface area contributed by atoms with Gasteiger partial charge >= 0.3 is 7.12 Å². The number of pyridine rings is 1. The highest BCUT2D eigenvalue weighted by Crippen LogP contribution is 2.37. The third-order valence-corrected chi connectivity index (χ3v) is 4.28. The van der Waals surface area contributed by atoms with Crippen molar-refractivity contribution >= 4 is 23.6 Å². The number of aromatic amines is 1. The minimum absolute atomic E-state index is 0.354. The maximum absolute atomic E-state index is 6.08. The molecule has 3 rings (SSSR count). The molecular weight excluding hydrogens is 255 g/mol. The van der Waals surface area contributed by atoms with Crippen molar-refractivity contribution in [3.63, 3.8) is 0 Å². The van der Waals surface area contributed by atoms with Gasteiger partial charge in [0.2, 0.25) is 0 Å². The molecule has 0 amide bonds. The Bertz CT molecular complexity index is 635. The van der Waals surface area contributed by atoms with Gasteiger partial charge in [0.15, 0.2) is 0 Å². The molecule has 6 heteroatoms. The highest BCUT2D eigenvalue weighted by molar-refractivity contribution is 6.65. The highest BCUT2D eigenvalue weighted by atomic mass is 16.7. The van der Waals surface area contributed by atoms with Crippen molar-refractivity contribution in [1.29, 1.82) is 0 Å². The molecule has 1 aliphatic heterocycles. The van der Waals surface area contributed by atoms with Gasteiger partial charge in [-0.2, -0.15) is 0 Å². The zero-order valence-electron chi connectivity index (χ0n) is 12.5. The number of ether oxygens (including phenoxy) is 1. The topological polar surface area (TPSA) is 56.4 Å². The summed E-state index contributed by atoms with van der Waals surface area (Å²) in [7, 11) is 1.23. The molecule has 0 atom stereocenters. The molecule has 20 heavy (non-hydrogen) atoms. The molecule has 0 aromatic carbocycles. The maximum atomic E-state index is 6.08. The molecule has 1 fully saturated rings. The summed E-state index contributed by atoms with van der Waals surface area (Å²) in [6.45, 7) is 8.17. The van der Waals surface area contributed by atoms with Crippen LogP contribution in [0.3, 0.4) is 0 Å². The van der Waals surface area contributed by atoms with Crippen LogP contribution >= 0.6 is 0 Å². The Labute approximate surface area is 118 Å². The zero-order chi connectivity index (χ0) is 14.5. The second-order valence-electron chi connectivity index (χ2n) is 6.10. The van der Waals surface area contributed by atoms with Crippen LogP contribution in [0.15, 0.2) is 18.5 Å². The summed E-state index contributed by atoms with van der Waals surface area (Å²) in [6, 6.07) is 1.94. The molecule has 2 aromatic rings. The number of rotatable bonds is 2. The number of hydrogen-bond acceptors (Lipinski definition) is 4. The van der Waals surface area contributed by atoms with Crippen molar-refractivity contribution in [3.8, 4) is 5.75 Å². The fraction of sp³-hybridized carbons (Fsp3) is 0.500. The first-order valence-electron chi connectivity index (χ1n) is 6.71. The van der Waals surface area contributed by atoms with E-state index in [2.05, 4.69) is 9.97 Å². The first kappa shape index (κ1) is 13.5. The Morgan fingerprint density at radius 2 is 1.85 bits per heavy atom. The van der Waals surface area contributed by atoms with Gasteiger partial charge < -0.3 is 19.0 Å². The summed E-state index contributed by atoms with van der Waals surface area (Å²) < 4.78 is 17.4. The Morgan fingerprint density at radius 1 is 1.20 bits per heavy atom. The van der Waals surface area contributed by atoms with Gasteiger partial charge in [0, 0.05) is 17.0 Å². The molecule has 106 valence electrons. The smallest absolute Gasteiger partial charge is 0.495 e. The van der Waals surface area contributed by atoms with Gasteiger partial charge in [0.1, 0.15) is 11.4 Å². The second-order valence-corrected chi connectivity index (χ2v) is 6.10. The molecular formula is C14H19BN2O3. The van der Waals surface area contributed by atoms with E-state index >= 15 is 0 Å². The van der Waals surface area contributed by atoms with E-state index < -0.39 is 7.12 Å². The van der Waals surface area contributed by atoms with Crippen LogP contribution in [-0.2, 0) is 9.31 Å². The van der Waals surface area contributed by atoms with Crippen LogP contribution in [0, 0.1) is 0 Å². The fourth-order valence-corrected chi connectivity index (χ4v) is 2.28. The van der Waals surface area contributed by atoms with Crippen molar-refractivity contribution in [3.05, 3.63) is 18.5 Å². The quantitative estimate of drug-likeness (QED) is 0.849. The van der Waals surface area contributed by atoms with Crippen LogP contribution in [0.25, 0.3) is 11.0 Å². The molecule has 0 spiro atoms. The first-order chi connectivity index (χ1) is 9.34. The Kier molecular flexibility index (Phi) is 2.85. The van der Waals surface area contributed by atoms with Crippen molar-refractivity contribution < 1.29 is 14.0 Å². The van der Waals surface area contributed by atoms with Gasteiger partial charge in [-0.15, -0.1) is 0 Å². The normalized spacial score (nSPS) is 20.6. The number of methoxy groups -OCH3 is 1. The van der Waals surface area contributed by atoms with Crippen LogP contribution in [0.4, 0.5) is 0 Å². The monoisotopic (exact) mass is 274 g/mol. The number of fused-ring (bicyclic) bond motifs is 1. The van der Waals surface area contributed by atoms with Crippen LogP contribution in [0.2, 0.25) is 0 Å². The maximum Gasteiger partial charge on any atom is 0.497 e. The molecule has 3 heterocycles. The number of nitrogens with zero attached hydrogens (tertiary/aromatic N) is 1. The third-order valence-electron chi connectivity index (χ3n) is 4.28. The summed E-state index contributed by atoms with van der Waals surface area (Å²) in [4.78, 5) is 7.47. The molecule has 0 saturated carbocycles. The van der Waals surface area contributed by atoms with E-state index in [1.165, 1.54) is 0 Å². The summed E-state index contributed by atoms with van der Waals surface area (Å²) >= 11 is 0. The fourth-order valence-electron chi connectivity index (χ4n) is 2.28.